The minimum atomic E-state index is -0.580. The van der Waals surface area contributed by atoms with E-state index < -0.39 is 5.41 Å². The molecule has 0 aliphatic rings. The van der Waals surface area contributed by atoms with E-state index in [1.807, 2.05) is 62.4 Å². The normalized spacial score (nSPS) is 11.6. The number of halogens is 2. The van der Waals surface area contributed by atoms with Crippen molar-refractivity contribution < 1.29 is 23.7 Å². The van der Waals surface area contributed by atoms with Crippen LogP contribution in [-0.2, 0) is 16.6 Å². The molecule has 3 rings (SSSR count). The van der Waals surface area contributed by atoms with Gasteiger partial charge in [0.2, 0.25) is 5.91 Å². The van der Waals surface area contributed by atoms with Crippen molar-refractivity contribution in [3.05, 3.63) is 76.9 Å². The number of benzene rings is 3. The Kier molecular flexibility index (Phi) is 22.8. The van der Waals surface area contributed by atoms with E-state index in [9.17, 15) is 10.1 Å². The van der Waals surface area contributed by atoms with E-state index in [2.05, 4.69) is 62.0 Å². The fourth-order valence-electron chi connectivity index (χ4n) is 6.07. The van der Waals surface area contributed by atoms with Gasteiger partial charge in [0.1, 0.15) is 0 Å². The first-order valence-electron chi connectivity index (χ1n) is 17.5. The van der Waals surface area contributed by atoms with Gasteiger partial charge in [0.05, 0.1) is 46.5 Å². The topological polar surface area (TPSA) is 96.3 Å². The molecule has 9 nitrogen and oxygen atoms in total. The van der Waals surface area contributed by atoms with E-state index in [0.29, 0.717) is 18.0 Å². The minimum absolute atomic E-state index is 0. The monoisotopic (exact) mass is 760 g/mol. The average Bonchev–Trinajstić information content (AvgIpc) is 3.12. The van der Waals surface area contributed by atoms with Crippen LogP contribution in [0.5, 0.6) is 23.0 Å². The molecule has 0 aromatic heterocycles. The first-order chi connectivity index (χ1) is 23.9. The molecule has 0 bridgehead atoms. The number of rotatable bonds is 18. The van der Waals surface area contributed by atoms with Crippen molar-refractivity contribution in [1.29, 1.82) is 5.26 Å². The van der Waals surface area contributed by atoms with Gasteiger partial charge in [-0.25, -0.2) is 0 Å². The molecule has 3 aromatic rings. The van der Waals surface area contributed by atoms with Gasteiger partial charge in [0.15, 0.2) is 23.0 Å². The number of nitriles is 1. The third kappa shape index (κ3) is 13.7. The van der Waals surface area contributed by atoms with Crippen molar-refractivity contribution in [2.45, 2.75) is 66.2 Å². The number of anilines is 1. The molecule has 290 valence electrons. The predicted molar refractivity (Wildman–Crippen MR) is 218 cm³/mol. The number of nitrogens with one attached hydrogen (secondary N) is 1. The van der Waals surface area contributed by atoms with E-state index >= 15 is 0 Å². The van der Waals surface area contributed by atoms with Gasteiger partial charge in [-0.15, -0.1) is 24.8 Å². The summed E-state index contributed by atoms with van der Waals surface area (Å²) in [6.07, 6.45) is 2.61. The predicted octanol–water partition coefficient (Wildman–Crippen LogP) is 8.52. The highest BCUT2D eigenvalue weighted by Gasteiger charge is 2.36. The van der Waals surface area contributed by atoms with Crippen LogP contribution in [0, 0.1) is 31.1 Å². The Bertz CT molecular complexity index is 1520. The molecule has 0 aliphatic heterocycles. The number of carbonyl (C=O) groups is 1. The Labute approximate surface area is 325 Å². The molecule has 1 atom stereocenters. The molecule has 0 saturated heterocycles. The van der Waals surface area contributed by atoms with Crippen LogP contribution in [-0.4, -0.2) is 83.9 Å². The highest BCUT2D eigenvalue weighted by molar-refractivity contribution is 5.93. The van der Waals surface area contributed by atoms with Gasteiger partial charge in [-0.2, -0.15) is 5.26 Å². The van der Waals surface area contributed by atoms with Gasteiger partial charge in [-0.1, -0.05) is 58.0 Å². The molecule has 3 aromatic carbocycles. The summed E-state index contributed by atoms with van der Waals surface area (Å²) in [5, 5.41) is 13.2. The van der Waals surface area contributed by atoms with Gasteiger partial charge in [0, 0.05) is 12.2 Å². The summed E-state index contributed by atoms with van der Waals surface area (Å²) in [5.41, 5.74) is 4.77. The Balaban J connectivity index is 0.00000116. The SMILES string of the molecule is CCN(CC)CC(=O)Nc1c(C)cccc1C.COc1ccc(CCN(C)CCCC(C#N)(c2ccc(OC)c(OC)c2)C(C)C)cc1OC.Cl.Cl. The standard InChI is InChI=1S/C27H38N2O4.C14H22N2O.2ClH/c1-20(2)27(19-28,22-10-12-24(31-5)26(18-22)33-7)14-8-15-29(3)16-13-21-9-11-23(30-4)25(17-21)32-6;1-5-16(6-2)10-13(17)15-14-11(3)8-7-9-12(14)4;;/h9-12,17-18,20H,8,13-16H2,1-7H3;7-9H,5-6,10H2,1-4H3,(H,15,17);2*1H. The highest BCUT2D eigenvalue weighted by atomic mass is 35.5. The molecule has 0 radical (unpaired) electrons. The first kappa shape index (κ1) is 48.3. The lowest BCUT2D eigenvalue weighted by Gasteiger charge is -2.32. The largest absolute Gasteiger partial charge is 0.493 e. The van der Waals surface area contributed by atoms with E-state index in [1.54, 1.807) is 28.4 Å². The van der Waals surface area contributed by atoms with Crippen LogP contribution in [0.4, 0.5) is 5.69 Å². The molecule has 1 amide bonds. The zero-order valence-corrected chi connectivity index (χ0v) is 34.8. The van der Waals surface area contributed by atoms with Gasteiger partial charge < -0.3 is 29.2 Å². The zero-order valence-electron chi connectivity index (χ0n) is 33.1. The fourth-order valence-corrected chi connectivity index (χ4v) is 6.07. The lowest BCUT2D eigenvalue weighted by molar-refractivity contribution is -0.117. The summed E-state index contributed by atoms with van der Waals surface area (Å²) >= 11 is 0. The van der Waals surface area contributed by atoms with Gasteiger partial charge in [-0.05, 0) is 112 Å². The average molecular weight is 762 g/mol. The molecule has 11 heteroatoms. The Morgan fingerprint density at radius 2 is 1.37 bits per heavy atom. The second kappa shape index (κ2) is 24.5. The van der Waals surface area contributed by atoms with Crippen LogP contribution in [0.3, 0.4) is 0 Å². The number of ether oxygens (including phenoxy) is 4. The number of carbonyl (C=O) groups excluding carboxylic acids is 1. The fraction of sp³-hybridized carbons (Fsp3) is 0.512. The van der Waals surface area contributed by atoms with Crippen LogP contribution in [0.15, 0.2) is 54.6 Å². The smallest absolute Gasteiger partial charge is 0.238 e. The number of hydrogen-bond donors (Lipinski definition) is 1. The number of nitrogens with zero attached hydrogens (tertiary/aromatic N) is 3. The lowest BCUT2D eigenvalue weighted by Crippen LogP contribution is -2.33. The molecule has 1 N–H and O–H groups in total. The molecular formula is C41H62Cl2N4O5. The van der Waals surface area contributed by atoms with Crippen molar-refractivity contribution in [3.8, 4) is 29.1 Å². The van der Waals surface area contributed by atoms with Crippen LogP contribution in [0.25, 0.3) is 0 Å². The zero-order chi connectivity index (χ0) is 37.3. The van der Waals surface area contributed by atoms with E-state index in [1.165, 1.54) is 5.56 Å². The van der Waals surface area contributed by atoms with Gasteiger partial charge >= 0.3 is 0 Å². The quantitative estimate of drug-likeness (QED) is 0.138. The third-order valence-corrected chi connectivity index (χ3v) is 9.43. The number of methoxy groups -OCH3 is 4. The first-order valence-corrected chi connectivity index (χ1v) is 17.5. The highest BCUT2D eigenvalue weighted by Crippen LogP contribution is 2.40. The van der Waals surface area contributed by atoms with E-state index in [-0.39, 0.29) is 36.6 Å². The third-order valence-electron chi connectivity index (χ3n) is 9.43. The van der Waals surface area contributed by atoms with Crippen LogP contribution < -0.4 is 24.3 Å². The van der Waals surface area contributed by atoms with Crippen molar-refractivity contribution in [1.82, 2.24) is 9.80 Å². The second-order valence-electron chi connectivity index (χ2n) is 12.9. The summed E-state index contributed by atoms with van der Waals surface area (Å²) in [5.74, 6) is 3.05. The van der Waals surface area contributed by atoms with Crippen LogP contribution >= 0.6 is 24.8 Å². The van der Waals surface area contributed by atoms with Gasteiger partial charge in [-0.3, -0.25) is 9.69 Å². The Morgan fingerprint density at radius 3 is 1.87 bits per heavy atom. The summed E-state index contributed by atoms with van der Waals surface area (Å²) in [6.45, 7) is 16.5. The van der Waals surface area contributed by atoms with Crippen LogP contribution in [0.2, 0.25) is 0 Å². The van der Waals surface area contributed by atoms with E-state index in [4.69, 9.17) is 18.9 Å². The number of aryl methyl sites for hydroxylation is 2. The molecule has 52 heavy (non-hydrogen) atoms. The summed E-state index contributed by atoms with van der Waals surface area (Å²) < 4.78 is 21.6. The number of para-hydroxylation sites is 1. The summed E-state index contributed by atoms with van der Waals surface area (Å²) in [4.78, 5) is 16.3. The maximum atomic E-state index is 11.9. The number of likely N-dealkylation sites (N-methyl/N-ethyl adjacent to an activating group) is 2. The molecule has 0 saturated carbocycles. The second-order valence-corrected chi connectivity index (χ2v) is 12.9. The molecule has 0 fully saturated rings. The van der Waals surface area contributed by atoms with Crippen LogP contribution in [0.1, 0.15) is 62.8 Å². The van der Waals surface area contributed by atoms with Crippen molar-refractivity contribution in [3.63, 3.8) is 0 Å². The molecule has 0 spiro atoms. The lowest BCUT2D eigenvalue weighted by atomic mass is 9.69. The Morgan fingerprint density at radius 1 is 0.827 bits per heavy atom. The van der Waals surface area contributed by atoms with Crippen molar-refractivity contribution in [2.75, 3.05) is 73.5 Å². The van der Waals surface area contributed by atoms with Crippen molar-refractivity contribution in [2.24, 2.45) is 5.92 Å². The molecular weight excluding hydrogens is 699 g/mol. The van der Waals surface area contributed by atoms with E-state index in [0.717, 1.165) is 79.3 Å². The Hall–Kier alpha value is -3.68. The number of amides is 1. The number of hydrogen-bond acceptors (Lipinski definition) is 8. The molecule has 0 heterocycles. The maximum Gasteiger partial charge on any atom is 0.238 e. The van der Waals surface area contributed by atoms with Crippen molar-refractivity contribution >= 4 is 36.4 Å². The van der Waals surface area contributed by atoms with Gasteiger partial charge in [0.25, 0.3) is 0 Å². The maximum absolute atomic E-state index is 11.9. The minimum Gasteiger partial charge on any atom is -0.493 e. The molecule has 1 unspecified atom stereocenters. The summed E-state index contributed by atoms with van der Waals surface area (Å²) in [6, 6.07) is 20.5. The molecule has 0 aliphatic carbocycles. The summed E-state index contributed by atoms with van der Waals surface area (Å²) in [7, 11) is 8.67.